The van der Waals surface area contributed by atoms with Crippen LogP contribution < -0.4 is 4.74 Å². The van der Waals surface area contributed by atoms with E-state index in [-0.39, 0.29) is 11.3 Å². The van der Waals surface area contributed by atoms with E-state index in [4.69, 9.17) is 4.74 Å². The number of ether oxygens (including phenoxy) is 1. The molecule has 0 aliphatic carbocycles. The Hall–Kier alpha value is -3.54. The lowest BCUT2D eigenvalue weighted by atomic mass is 9.93. The third-order valence-corrected chi connectivity index (χ3v) is 6.34. The molecule has 1 aromatic heterocycles. The fourth-order valence-electron chi connectivity index (χ4n) is 4.83. The first-order valence-corrected chi connectivity index (χ1v) is 11.4. The molecule has 6 nitrogen and oxygen atoms in total. The number of aryl methyl sites for hydroxylation is 2. The highest BCUT2D eigenvalue weighted by Crippen LogP contribution is 2.43. The molecule has 1 aliphatic rings. The molecule has 1 amide bonds. The van der Waals surface area contributed by atoms with Crippen LogP contribution >= 0.6 is 0 Å². The molecule has 33 heavy (non-hydrogen) atoms. The van der Waals surface area contributed by atoms with Gasteiger partial charge in [-0.15, -0.1) is 0 Å². The zero-order chi connectivity index (χ0) is 23.7. The Morgan fingerprint density at radius 2 is 1.91 bits per heavy atom. The second-order valence-electron chi connectivity index (χ2n) is 8.65. The van der Waals surface area contributed by atoms with Gasteiger partial charge in [-0.05, 0) is 43.5 Å². The number of aliphatic hydroxyl groups excluding tert-OH is 1. The number of hydrogen-bond acceptors (Lipinski definition) is 4. The van der Waals surface area contributed by atoms with Crippen LogP contribution in [0.25, 0.3) is 16.7 Å². The van der Waals surface area contributed by atoms with E-state index in [0.717, 1.165) is 46.9 Å². The lowest BCUT2D eigenvalue weighted by Gasteiger charge is -2.25. The molecule has 0 saturated carbocycles. The Morgan fingerprint density at radius 1 is 1.15 bits per heavy atom. The zero-order valence-corrected chi connectivity index (χ0v) is 19.6. The van der Waals surface area contributed by atoms with Gasteiger partial charge in [0.2, 0.25) is 0 Å². The molecule has 6 heteroatoms. The highest BCUT2D eigenvalue weighted by atomic mass is 16.5. The number of nitrogens with one attached hydrogen (secondary N) is 1. The Morgan fingerprint density at radius 3 is 2.64 bits per heavy atom. The molecule has 172 valence electrons. The molecule has 1 fully saturated rings. The Labute approximate surface area is 193 Å². The van der Waals surface area contributed by atoms with Gasteiger partial charge in [-0.3, -0.25) is 9.59 Å². The van der Waals surface area contributed by atoms with E-state index >= 15 is 0 Å². The number of benzene rings is 2. The number of para-hydroxylation sites is 1. The van der Waals surface area contributed by atoms with Crippen LogP contribution in [0.2, 0.25) is 0 Å². The number of H-pyrrole nitrogens is 1. The number of methoxy groups -OCH3 is 1. The van der Waals surface area contributed by atoms with E-state index in [9.17, 15) is 14.7 Å². The third-order valence-electron chi connectivity index (χ3n) is 6.34. The second-order valence-corrected chi connectivity index (χ2v) is 8.65. The summed E-state index contributed by atoms with van der Waals surface area (Å²) in [7, 11) is 1.54. The molecule has 1 unspecified atom stereocenters. The topological polar surface area (TPSA) is 82.6 Å². The van der Waals surface area contributed by atoms with E-state index in [1.165, 1.54) is 7.11 Å². The van der Waals surface area contributed by atoms with E-state index in [2.05, 4.69) is 11.9 Å². The summed E-state index contributed by atoms with van der Waals surface area (Å²) in [5.41, 5.74) is 4.01. The maximum Gasteiger partial charge on any atom is 0.295 e. The van der Waals surface area contributed by atoms with Crippen LogP contribution in [-0.2, 0) is 9.59 Å². The van der Waals surface area contributed by atoms with Crippen molar-refractivity contribution in [2.45, 2.75) is 46.1 Å². The monoisotopic (exact) mass is 446 g/mol. The summed E-state index contributed by atoms with van der Waals surface area (Å²) in [6, 6.07) is 10.8. The minimum atomic E-state index is -0.677. The second kappa shape index (κ2) is 9.14. The number of nitrogens with zero attached hydrogens (tertiary/aromatic N) is 1. The van der Waals surface area contributed by atoms with Crippen LogP contribution in [0.5, 0.6) is 5.75 Å². The van der Waals surface area contributed by atoms with Crippen molar-refractivity contribution < 1.29 is 19.4 Å². The van der Waals surface area contributed by atoms with Gasteiger partial charge in [-0.1, -0.05) is 44.0 Å². The summed E-state index contributed by atoms with van der Waals surface area (Å²) in [6.07, 6.45) is 4.57. The molecule has 2 heterocycles. The average molecular weight is 447 g/mol. The van der Waals surface area contributed by atoms with E-state index < -0.39 is 17.7 Å². The Balaban J connectivity index is 1.95. The van der Waals surface area contributed by atoms with E-state index in [1.807, 2.05) is 50.4 Å². The maximum absolute atomic E-state index is 13.3. The lowest BCUT2D eigenvalue weighted by Crippen LogP contribution is -2.30. The minimum Gasteiger partial charge on any atom is -0.507 e. The number of rotatable bonds is 7. The molecule has 0 bridgehead atoms. The third kappa shape index (κ3) is 3.90. The van der Waals surface area contributed by atoms with Gasteiger partial charge in [-0.2, -0.15) is 0 Å². The SMILES string of the molecule is CCCCCN1C(=O)C(=O)/C(=C(/O)c2cc(C)cc(C)c2OC)C1c1c[nH]c2ccccc12. The van der Waals surface area contributed by atoms with Crippen molar-refractivity contribution in [3.63, 3.8) is 0 Å². The van der Waals surface area contributed by atoms with Crippen molar-refractivity contribution >= 4 is 28.4 Å². The number of aromatic nitrogens is 1. The van der Waals surface area contributed by atoms with Crippen LogP contribution in [-0.4, -0.2) is 40.3 Å². The van der Waals surface area contributed by atoms with Crippen molar-refractivity contribution in [1.82, 2.24) is 9.88 Å². The summed E-state index contributed by atoms with van der Waals surface area (Å²) in [4.78, 5) is 31.3. The quantitative estimate of drug-likeness (QED) is 0.220. The van der Waals surface area contributed by atoms with Crippen LogP contribution in [0.15, 0.2) is 48.2 Å². The zero-order valence-electron chi connectivity index (χ0n) is 19.6. The van der Waals surface area contributed by atoms with Crippen LogP contribution in [0.4, 0.5) is 0 Å². The van der Waals surface area contributed by atoms with Gasteiger partial charge in [-0.25, -0.2) is 0 Å². The number of hydrogen-bond donors (Lipinski definition) is 2. The number of fused-ring (bicyclic) bond motifs is 1. The maximum atomic E-state index is 13.3. The fourth-order valence-corrected chi connectivity index (χ4v) is 4.83. The van der Waals surface area contributed by atoms with Gasteiger partial charge in [0.15, 0.2) is 0 Å². The van der Waals surface area contributed by atoms with Gasteiger partial charge >= 0.3 is 0 Å². The molecule has 3 aromatic rings. The van der Waals surface area contributed by atoms with Crippen LogP contribution in [0.1, 0.15) is 54.5 Å². The number of aliphatic hydroxyl groups is 1. The van der Waals surface area contributed by atoms with E-state index in [1.54, 1.807) is 11.0 Å². The summed E-state index contributed by atoms with van der Waals surface area (Å²) in [5.74, 6) is -0.954. The Kier molecular flexibility index (Phi) is 6.27. The van der Waals surface area contributed by atoms with Gasteiger partial charge < -0.3 is 19.7 Å². The highest BCUT2D eigenvalue weighted by Gasteiger charge is 2.46. The first kappa shape index (κ1) is 22.6. The number of amides is 1. The van der Waals surface area contributed by atoms with Gasteiger partial charge in [0.25, 0.3) is 11.7 Å². The number of ketones is 1. The molecule has 1 aliphatic heterocycles. The molecule has 4 rings (SSSR count). The van der Waals surface area contributed by atoms with Gasteiger partial charge in [0.1, 0.15) is 11.5 Å². The van der Waals surface area contributed by atoms with Crippen molar-refractivity contribution in [3.05, 3.63) is 70.4 Å². The average Bonchev–Trinajstić information content (AvgIpc) is 3.32. The minimum absolute atomic E-state index is 0.101. The van der Waals surface area contributed by atoms with Crippen molar-refractivity contribution in [2.75, 3.05) is 13.7 Å². The van der Waals surface area contributed by atoms with Crippen LogP contribution in [0, 0.1) is 13.8 Å². The molecular weight excluding hydrogens is 416 g/mol. The number of unbranched alkanes of at least 4 members (excludes halogenated alkanes) is 2. The normalized spacial score (nSPS) is 17.8. The molecule has 0 radical (unpaired) electrons. The van der Waals surface area contributed by atoms with E-state index in [0.29, 0.717) is 17.9 Å². The number of carbonyl (C=O) groups excluding carboxylic acids is 2. The fraction of sp³-hybridized carbons (Fsp3) is 0.333. The molecule has 2 aromatic carbocycles. The van der Waals surface area contributed by atoms with Gasteiger partial charge in [0.05, 0.1) is 24.3 Å². The van der Waals surface area contributed by atoms with Crippen molar-refractivity contribution in [2.24, 2.45) is 0 Å². The molecule has 1 saturated heterocycles. The predicted molar refractivity (Wildman–Crippen MR) is 129 cm³/mol. The number of aromatic amines is 1. The first-order valence-electron chi connectivity index (χ1n) is 11.4. The standard InChI is InChI=1S/C27H30N2O4/c1-5-6-9-12-29-23(20-15-28-21-11-8-7-10-18(20)21)22(25(31)27(29)32)24(30)19-14-16(2)13-17(3)26(19)33-4/h7-8,10-11,13-15,23,28,30H,5-6,9,12H2,1-4H3/b24-22+. The molecule has 1 atom stereocenters. The van der Waals surface area contributed by atoms with Crippen molar-refractivity contribution in [1.29, 1.82) is 0 Å². The summed E-state index contributed by atoms with van der Waals surface area (Å²) in [6.45, 7) is 6.35. The highest BCUT2D eigenvalue weighted by molar-refractivity contribution is 6.46. The summed E-state index contributed by atoms with van der Waals surface area (Å²) in [5, 5.41) is 12.4. The van der Waals surface area contributed by atoms with Crippen molar-refractivity contribution in [3.8, 4) is 5.75 Å². The smallest absolute Gasteiger partial charge is 0.295 e. The van der Waals surface area contributed by atoms with Crippen LogP contribution in [0.3, 0.4) is 0 Å². The number of likely N-dealkylation sites (tertiary alicyclic amines) is 1. The molecule has 2 N–H and O–H groups in total. The lowest BCUT2D eigenvalue weighted by molar-refractivity contribution is -0.139. The predicted octanol–water partition coefficient (Wildman–Crippen LogP) is 5.41. The summed E-state index contributed by atoms with van der Waals surface area (Å²) >= 11 is 0. The molecular formula is C27H30N2O4. The Bertz CT molecular complexity index is 1250. The molecule has 0 spiro atoms. The van der Waals surface area contributed by atoms with Gasteiger partial charge in [0, 0.05) is 29.2 Å². The number of carbonyl (C=O) groups is 2. The first-order chi connectivity index (χ1) is 15.9. The summed E-state index contributed by atoms with van der Waals surface area (Å²) < 4.78 is 5.57. The largest absolute Gasteiger partial charge is 0.507 e. The number of Topliss-reactive ketones (excluding diaryl/α,β-unsaturated/α-hetero) is 1.